The van der Waals surface area contributed by atoms with Crippen LogP contribution in [0.4, 0.5) is 0 Å². The van der Waals surface area contributed by atoms with Crippen molar-refractivity contribution in [2.45, 2.75) is 42.9 Å². The summed E-state index contributed by atoms with van der Waals surface area (Å²) < 4.78 is 5.39. The van der Waals surface area contributed by atoms with Gasteiger partial charge in [0.05, 0.1) is 5.02 Å². The van der Waals surface area contributed by atoms with Crippen molar-refractivity contribution in [3.8, 4) is 0 Å². The minimum Gasteiger partial charge on any atom is -0.381 e. The van der Waals surface area contributed by atoms with Gasteiger partial charge in [0, 0.05) is 29.4 Å². The Hall–Kier alpha value is -0.220. The van der Waals surface area contributed by atoms with Crippen LogP contribution in [0, 0.1) is 0 Å². The lowest BCUT2D eigenvalue weighted by atomic mass is 10.1. The Morgan fingerprint density at radius 2 is 2.16 bits per heavy atom. The fourth-order valence-electron chi connectivity index (χ4n) is 2.28. The van der Waals surface area contributed by atoms with Gasteiger partial charge in [-0.05, 0) is 44.0 Å². The molecule has 1 aromatic carbocycles. The second-order valence-electron chi connectivity index (χ2n) is 4.90. The molecule has 1 N–H and O–H groups in total. The standard InChI is InChI=1S/C15H22ClNOS/c1-3-17-11(2)12-4-5-15(14(16)10-12)19-13-6-8-18-9-7-13/h4-5,10-11,13,17H,3,6-9H2,1-2H3. The quantitative estimate of drug-likeness (QED) is 0.877. The maximum Gasteiger partial charge on any atom is 0.0545 e. The van der Waals surface area contributed by atoms with Gasteiger partial charge in [-0.25, -0.2) is 0 Å². The highest BCUT2D eigenvalue weighted by Crippen LogP contribution is 2.35. The summed E-state index contributed by atoms with van der Waals surface area (Å²) >= 11 is 8.31. The van der Waals surface area contributed by atoms with Crippen LogP contribution in [0.15, 0.2) is 23.1 Å². The Morgan fingerprint density at radius 1 is 1.42 bits per heavy atom. The lowest BCUT2D eigenvalue weighted by Gasteiger charge is -2.22. The Labute approximate surface area is 125 Å². The molecule has 1 fully saturated rings. The van der Waals surface area contributed by atoms with Gasteiger partial charge < -0.3 is 10.1 Å². The van der Waals surface area contributed by atoms with Crippen LogP contribution in [-0.4, -0.2) is 25.0 Å². The highest BCUT2D eigenvalue weighted by molar-refractivity contribution is 8.00. The number of nitrogens with one attached hydrogen (secondary N) is 1. The Kier molecular flexibility index (Phi) is 6.02. The van der Waals surface area contributed by atoms with Gasteiger partial charge >= 0.3 is 0 Å². The molecule has 2 nitrogen and oxygen atoms in total. The first-order valence-electron chi connectivity index (χ1n) is 6.98. The minimum absolute atomic E-state index is 0.352. The number of thioether (sulfide) groups is 1. The van der Waals surface area contributed by atoms with E-state index in [1.165, 1.54) is 10.5 Å². The van der Waals surface area contributed by atoms with Crippen LogP contribution in [0.25, 0.3) is 0 Å². The maximum atomic E-state index is 6.41. The zero-order valence-corrected chi connectivity index (χ0v) is 13.2. The highest BCUT2D eigenvalue weighted by Gasteiger charge is 2.17. The van der Waals surface area contributed by atoms with Crippen molar-refractivity contribution in [1.29, 1.82) is 0 Å². The normalized spacial score (nSPS) is 18.5. The molecule has 0 radical (unpaired) electrons. The van der Waals surface area contributed by atoms with Crippen molar-refractivity contribution in [2.75, 3.05) is 19.8 Å². The molecule has 0 saturated carbocycles. The van der Waals surface area contributed by atoms with Crippen LogP contribution in [0.3, 0.4) is 0 Å². The average Bonchev–Trinajstić information content (AvgIpc) is 2.42. The summed E-state index contributed by atoms with van der Waals surface area (Å²) in [6.07, 6.45) is 2.24. The number of halogens is 1. The van der Waals surface area contributed by atoms with Gasteiger partial charge in [0.1, 0.15) is 0 Å². The molecular formula is C15H22ClNOS. The zero-order valence-electron chi connectivity index (χ0n) is 11.6. The number of rotatable bonds is 5. The molecule has 0 spiro atoms. The first kappa shape index (κ1) is 15.2. The van der Waals surface area contributed by atoms with Crippen molar-refractivity contribution in [2.24, 2.45) is 0 Å². The zero-order chi connectivity index (χ0) is 13.7. The molecule has 1 unspecified atom stereocenters. The molecule has 4 heteroatoms. The molecule has 1 atom stereocenters. The third-order valence-electron chi connectivity index (χ3n) is 3.43. The summed E-state index contributed by atoms with van der Waals surface area (Å²) in [4.78, 5) is 1.20. The number of hydrogen-bond donors (Lipinski definition) is 1. The Balaban J connectivity index is 2.01. The van der Waals surface area contributed by atoms with E-state index in [1.54, 1.807) is 0 Å². The molecule has 106 valence electrons. The summed E-state index contributed by atoms with van der Waals surface area (Å²) in [5.74, 6) is 0. The van der Waals surface area contributed by atoms with Crippen molar-refractivity contribution in [3.63, 3.8) is 0 Å². The fraction of sp³-hybridized carbons (Fsp3) is 0.600. The summed E-state index contributed by atoms with van der Waals surface area (Å²) in [7, 11) is 0. The summed E-state index contributed by atoms with van der Waals surface area (Å²) in [5, 5.41) is 4.92. The van der Waals surface area contributed by atoms with Gasteiger partial charge in [-0.15, -0.1) is 11.8 Å². The monoisotopic (exact) mass is 299 g/mol. The second-order valence-corrected chi connectivity index (χ2v) is 6.65. The number of ether oxygens (including phenoxy) is 1. The smallest absolute Gasteiger partial charge is 0.0545 e. The largest absolute Gasteiger partial charge is 0.381 e. The predicted octanol–water partition coefficient (Wildman–Crippen LogP) is 4.28. The van der Waals surface area contributed by atoms with Crippen LogP contribution >= 0.6 is 23.4 Å². The maximum absolute atomic E-state index is 6.41. The number of benzene rings is 1. The van der Waals surface area contributed by atoms with Gasteiger partial charge in [-0.3, -0.25) is 0 Å². The fourth-order valence-corrected chi connectivity index (χ4v) is 3.71. The van der Waals surface area contributed by atoms with E-state index < -0.39 is 0 Å². The van der Waals surface area contributed by atoms with E-state index in [1.807, 2.05) is 11.8 Å². The molecule has 1 heterocycles. The first-order chi connectivity index (χ1) is 9.20. The lowest BCUT2D eigenvalue weighted by Crippen LogP contribution is -2.18. The minimum atomic E-state index is 0.352. The molecule has 1 saturated heterocycles. The highest BCUT2D eigenvalue weighted by atomic mass is 35.5. The Morgan fingerprint density at radius 3 is 2.79 bits per heavy atom. The molecule has 0 aromatic heterocycles. The Bertz CT molecular complexity index is 407. The van der Waals surface area contributed by atoms with Crippen molar-refractivity contribution in [3.05, 3.63) is 28.8 Å². The molecule has 0 bridgehead atoms. The molecule has 0 amide bonds. The van der Waals surface area contributed by atoms with E-state index in [0.717, 1.165) is 37.6 Å². The van der Waals surface area contributed by atoms with E-state index >= 15 is 0 Å². The number of hydrogen-bond acceptors (Lipinski definition) is 3. The lowest BCUT2D eigenvalue weighted by molar-refractivity contribution is 0.100. The first-order valence-corrected chi connectivity index (χ1v) is 8.23. The van der Waals surface area contributed by atoms with Crippen molar-refractivity contribution in [1.82, 2.24) is 5.32 Å². The average molecular weight is 300 g/mol. The SMILES string of the molecule is CCNC(C)c1ccc(SC2CCOCC2)c(Cl)c1. The summed E-state index contributed by atoms with van der Waals surface area (Å²) in [6, 6.07) is 6.79. The van der Waals surface area contributed by atoms with E-state index in [4.69, 9.17) is 16.3 Å². The van der Waals surface area contributed by atoms with Crippen molar-refractivity contribution < 1.29 is 4.74 Å². The molecule has 1 aliphatic heterocycles. The van der Waals surface area contributed by atoms with Crippen LogP contribution < -0.4 is 5.32 Å². The van der Waals surface area contributed by atoms with Gasteiger partial charge in [0.15, 0.2) is 0 Å². The second kappa shape index (κ2) is 7.53. The molecule has 0 aliphatic carbocycles. The van der Waals surface area contributed by atoms with Crippen LogP contribution in [0.5, 0.6) is 0 Å². The summed E-state index contributed by atoms with van der Waals surface area (Å²) in [5.41, 5.74) is 1.25. The summed E-state index contributed by atoms with van der Waals surface area (Å²) in [6.45, 7) is 7.01. The van der Waals surface area contributed by atoms with Gasteiger partial charge in [-0.2, -0.15) is 0 Å². The molecule has 1 aromatic rings. The van der Waals surface area contributed by atoms with Gasteiger partial charge in [0.25, 0.3) is 0 Å². The predicted molar refractivity (Wildman–Crippen MR) is 83.2 cm³/mol. The van der Waals surface area contributed by atoms with E-state index in [9.17, 15) is 0 Å². The van der Waals surface area contributed by atoms with E-state index in [-0.39, 0.29) is 0 Å². The molecule has 2 rings (SSSR count). The van der Waals surface area contributed by atoms with Crippen LogP contribution in [0.2, 0.25) is 5.02 Å². The van der Waals surface area contributed by atoms with E-state index in [2.05, 4.69) is 37.4 Å². The van der Waals surface area contributed by atoms with Gasteiger partial charge in [-0.1, -0.05) is 24.6 Å². The van der Waals surface area contributed by atoms with Crippen molar-refractivity contribution >= 4 is 23.4 Å². The molecule has 19 heavy (non-hydrogen) atoms. The molecular weight excluding hydrogens is 278 g/mol. The third kappa shape index (κ3) is 4.38. The van der Waals surface area contributed by atoms with E-state index in [0.29, 0.717) is 11.3 Å². The molecule has 1 aliphatic rings. The van der Waals surface area contributed by atoms with Crippen LogP contribution in [-0.2, 0) is 4.74 Å². The van der Waals surface area contributed by atoms with Gasteiger partial charge in [0.2, 0.25) is 0 Å². The van der Waals surface area contributed by atoms with Crippen LogP contribution in [0.1, 0.15) is 38.3 Å². The third-order valence-corrected chi connectivity index (χ3v) is 5.27. The topological polar surface area (TPSA) is 21.3 Å².